The summed E-state index contributed by atoms with van der Waals surface area (Å²) in [6.07, 6.45) is -0.161. The highest BCUT2D eigenvalue weighted by molar-refractivity contribution is 7.91. The van der Waals surface area contributed by atoms with Crippen LogP contribution in [0.4, 0.5) is 0 Å². The fourth-order valence-corrected chi connectivity index (χ4v) is 4.92. The van der Waals surface area contributed by atoms with Gasteiger partial charge in [-0.15, -0.1) is 11.3 Å². The smallest absolute Gasteiger partial charge is 0.252 e. The number of thiophene rings is 1. The highest BCUT2D eigenvalue weighted by Crippen LogP contribution is 2.33. The summed E-state index contributed by atoms with van der Waals surface area (Å²) < 4.78 is 37.6. The maximum absolute atomic E-state index is 12.8. The largest absolute Gasteiger partial charge is 0.454 e. The lowest BCUT2D eigenvalue weighted by Crippen LogP contribution is -2.34. The van der Waals surface area contributed by atoms with Crippen LogP contribution in [0.3, 0.4) is 0 Å². The van der Waals surface area contributed by atoms with Crippen LogP contribution in [0.5, 0.6) is 11.5 Å². The molecular weight excluding hydrogens is 368 g/mol. The number of nitrogens with zero attached hydrogens (tertiary/aromatic N) is 1. The number of hydroxylamine groups is 1. The van der Waals surface area contributed by atoms with Crippen LogP contribution in [0.25, 0.3) is 0 Å². The minimum Gasteiger partial charge on any atom is -0.454 e. The lowest BCUT2D eigenvalue weighted by atomic mass is 10.2. The highest BCUT2D eigenvalue weighted by atomic mass is 32.2. The van der Waals surface area contributed by atoms with E-state index in [-0.39, 0.29) is 30.5 Å². The fraction of sp³-hybridized carbons (Fsp3) is 0.267. The summed E-state index contributed by atoms with van der Waals surface area (Å²) in [4.78, 5) is 11.3. The Hall–Kier alpha value is -2.14. The number of rotatable bonds is 7. The maximum atomic E-state index is 12.8. The van der Waals surface area contributed by atoms with Crippen molar-refractivity contribution in [2.75, 3.05) is 13.3 Å². The summed E-state index contributed by atoms with van der Waals surface area (Å²) in [6, 6.07) is 8.34. The van der Waals surface area contributed by atoms with E-state index in [0.29, 0.717) is 17.1 Å². The molecule has 0 spiro atoms. The molecule has 1 amide bonds. The minimum atomic E-state index is -3.76. The van der Waals surface area contributed by atoms with Crippen molar-refractivity contribution in [3.8, 4) is 11.5 Å². The van der Waals surface area contributed by atoms with Crippen LogP contribution >= 0.6 is 11.3 Å². The number of fused-ring (bicyclic) bond motifs is 1. The van der Waals surface area contributed by atoms with Crippen molar-refractivity contribution in [3.05, 3.63) is 41.3 Å². The number of amides is 1. The van der Waals surface area contributed by atoms with E-state index in [1.807, 2.05) is 0 Å². The van der Waals surface area contributed by atoms with Gasteiger partial charge < -0.3 is 9.47 Å². The molecule has 1 aromatic carbocycles. The third-order valence-electron chi connectivity index (χ3n) is 3.60. The van der Waals surface area contributed by atoms with Gasteiger partial charge in [-0.2, -0.15) is 4.31 Å². The van der Waals surface area contributed by atoms with Gasteiger partial charge in [0.15, 0.2) is 11.5 Å². The Kier molecular flexibility index (Phi) is 5.23. The van der Waals surface area contributed by atoms with Crippen molar-refractivity contribution >= 4 is 27.3 Å². The number of ether oxygens (including phenoxy) is 2. The molecular formula is C15H16N2O6S2. The van der Waals surface area contributed by atoms with Gasteiger partial charge in [0.25, 0.3) is 10.0 Å². The zero-order chi connectivity index (χ0) is 17.9. The summed E-state index contributed by atoms with van der Waals surface area (Å²) in [5.41, 5.74) is 2.21. The Morgan fingerprint density at radius 1 is 1.28 bits per heavy atom. The predicted molar refractivity (Wildman–Crippen MR) is 89.0 cm³/mol. The number of nitrogens with one attached hydrogen (secondary N) is 1. The van der Waals surface area contributed by atoms with Crippen LogP contribution < -0.4 is 15.0 Å². The van der Waals surface area contributed by atoms with Crippen molar-refractivity contribution in [2.45, 2.75) is 17.2 Å². The average Bonchev–Trinajstić information content (AvgIpc) is 3.28. The van der Waals surface area contributed by atoms with Crippen LogP contribution in [-0.4, -0.2) is 37.2 Å². The number of hydrogen-bond acceptors (Lipinski definition) is 7. The second-order valence-electron chi connectivity index (χ2n) is 5.24. The number of carbonyl (C=O) groups is 1. The zero-order valence-corrected chi connectivity index (χ0v) is 14.7. The van der Waals surface area contributed by atoms with Gasteiger partial charge in [-0.25, -0.2) is 13.9 Å². The Balaban J connectivity index is 1.84. The average molecular weight is 384 g/mol. The molecule has 3 rings (SSSR count). The van der Waals surface area contributed by atoms with Gasteiger partial charge in [0.1, 0.15) is 4.21 Å². The summed E-state index contributed by atoms with van der Waals surface area (Å²) in [6.45, 7) is 0.128. The first-order chi connectivity index (χ1) is 12.0. The molecule has 0 bridgehead atoms. The van der Waals surface area contributed by atoms with Crippen LogP contribution in [0.1, 0.15) is 12.0 Å². The second kappa shape index (κ2) is 7.40. The first-order valence-corrected chi connectivity index (χ1v) is 9.68. The van der Waals surface area contributed by atoms with E-state index in [1.54, 1.807) is 29.6 Å². The molecule has 0 aliphatic carbocycles. The Labute approximate surface area is 148 Å². The fourth-order valence-electron chi connectivity index (χ4n) is 2.35. The van der Waals surface area contributed by atoms with Crippen LogP contribution in [0, 0.1) is 0 Å². The molecule has 1 aliphatic rings. The summed E-state index contributed by atoms with van der Waals surface area (Å²) >= 11 is 1.10. The SMILES string of the molecule is O=C(CCN(Cc1ccc2c(c1)OCO2)S(=O)(=O)c1cccs1)NO. The molecule has 10 heteroatoms. The molecule has 2 N–H and O–H groups in total. The van der Waals surface area contributed by atoms with Crippen LogP contribution in [-0.2, 0) is 21.4 Å². The van der Waals surface area contributed by atoms with Gasteiger partial charge >= 0.3 is 0 Å². The van der Waals surface area contributed by atoms with Gasteiger partial charge in [-0.3, -0.25) is 10.0 Å². The van der Waals surface area contributed by atoms with E-state index in [2.05, 4.69) is 0 Å². The molecule has 1 aromatic heterocycles. The number of benzene rings is 1. The van der Waals surface area contributed by atoms with Crippen molar-refractivity contribution in [3.63, 3.8) is 0 Å². The summed E-state index contributed by atoms with van der Waals surface area (Å²) in [5, 5.41) is 10.3. The van der Waals surface area contributed by atoms with Crippen molar-refractivity contribution in [1.82, 2.24) is 9.79 Å². The first kappa shape index (κ1) is 17.7. The number of sulfonamides is 1. The molecule has 8 nitrogen and oxygen atoms in total. The quantitative estimate of drug-likeness (QED) is 0.554. The number of hydrogen-bond donors (Lipinski definition) is 2. The van der Waals surface area contributed by atoms with E-state index >= 15 is 0 Å². The highest BCUT2D eigenvalue weighted by Gasteiger charge is 2.27. The predicted octanol–water partition coefficient (Wildman–Crippen LogP) is 1.56. The van der Waals surface area contributed by atoms with Gasteiger partial charge in [-0.1, -0.05) is 12.1 Å². The molecule has 2 heterocycles. The Morgan fingerprint density at radius 3 is 2.80 bits per heavy atom. The lowest BCUT2D eigenvalue weighted by Gasteiger charge is -2.21. The van der Waals surface area contributed by atoms with Crippen LogP contribution in [0.15, 0.2) is 39.9 Å². The van der Waals surface area contributed by atoms with E-state index in [1.165, 1.54) is 15.9 Å². The molecule has 0 fully saturated rings. The van der Waals surface area contributed by atoms with Gasteiger partial charge in [0, 0.05) is 19.5 Å². The van der Waals surface area contributed by atoms with Crippen molar-refractivity contribution < 1.29 is 27.9 Å². The Bertz CT molecular complexity index is 851. The lowest BCUT2D eigenvalue weighted by molar-refractivity contribution is -0.129. The minimum absolute atomic E-state index is 0.0651. The molecule has 2 aromatic rings. The first-order valence-electron chi connectivity index (χ1n) is 7.36. The molecule has 0 saturated carbocycles. The van der Waals surface area contributed by atoms with Gasteiger partial charge in [0.2, 0.25) is 12.7 Å². The second-order valence-corrected chi connectivity index (χ2v) is 8.36. The van der Waals surface area contributed by atoms with E-state index in [0.717, 1.165) is 11.3 Å². The third-order valence-corrected chi connectivity index (χ3v) is 6.82. The maximum Gasteiger partial charge on any atom is 0.252 e. The van der Waals surface area contributed by atoms with Gasteiger partial charge in [-0.05, 0) is 29.1 Å². The molecule has 0 radical (unpaired) electrons. The topological polar surface area (TPSA) is 105 Å². The van der Waals surface area contributed by atoms with Crippen LogP contribution in [0.2, 0.25) is 0 Å². The molecule has 0 unspecified atom stereocenters. The van der Waals surface area contributed by atoms with E-state index in [9.17, 15) is 13.2 Å². The zero-order valence-electron chi connectivity index (χ0n) is 13.0. The molecule has 0 atom stereocenters. The number of carbonyl (C=O) groups excluding carboxylic acids is 1. The summed E-state index contributed by atoms with van der Waals surface area (Å²) in [7, 11) is -3.76. The van der Waals surface area contributed by atoms with Crippen molar-refractivity contribution in [1.29, 1.82) is 0 Å². The van der Waals surface area contributed by atoms with Crippen molar-refractivity contribution in [2.24, 2.45) is 0 Å². The third kappa shape index (κ3) is 3.93. The normalized spacial score (nSPS) is 13.2. The molecule has 134 valence electrons. The van der Waals surface area contributed by atoms with E-state index < -0.39 is 15.9 Å². The molecule has 1 aliphatic heterocycles. The monoisotopic (exact) mass is 384 g/mol. The van der Waals surface area contributed by atoms with Gasteiger partial charge in [0.05, 0.1) is 0 Å². The Morgan fingerprint density at radius 2 is 2.08 bits per heavy atom. The summed E-state index contributed by atoms with van der Waals surface area (Å²) in [5.74, 6) is 0.507. The molecule has 25 heavy (non-hydrogen) atoms. The van der Waals surface area contributed by atoms with E-state index in [4.69, 9.17) is 14.7 Å². The molecule has 0 saturated heterocycles. The standard InChI is InChI=1S/C15H16N2O6S2/c18-14(16-19)5-6-17(25(20,21)15-2-1-7-24-15)9-11-3-4-12-13(8-11)23-10-22-12/h1-4,7-8,19H,5-6,9-10H2,(H,16,18).